The molecule has 2 aliphatic carbocycles. The number of carboxylic acids is 1. The van der Waals surface area contributed by atoms with Crippen LogP contribution in [0.5, 0.6) is 5.75 Å². The number of ether oxygens (including phenoxy) is 2. The predicted octanol–water partition coefficient (Wildman–Crippen LogP) is 6.26. The number of likely N-dealkylation sites (N-methyl/N-ethyl adjacent to an activating group) is 1. The van der Waals surface area contributed by atoms with E-state index in [0.717, 1.165) is 36.0 Å². The number of pyridine rings is 1. The molecule has 1 N–H and O–H groups in total. The van der Waals surface area contributed by atoms with E-state index in [4.69, 9.17) is 9.47 Å². The fraction of sp³-hybridized carbons (Fsp3) is 0.471. The lowest BCUT2D eigenvalue weighted by Crippen LogP contribution is -2.54. The van der Waals surface area contributed by atoms with Crippen LogP contribution in [-0.4, -0.2) is 51.8 Å². The summed E-state index contributed by atoms with van der Waals surface area (Å²) in [5, 5.41) is 9.73. The van der Waals surface area contributed by atoms with Crippen molar-refractivity contribution in [2.45, 2.75) is 84.6 Å². The number of carboxylic acid groups (broad SMARTS) is 1. The highest BCUT2D eigenvalue weighted by molar-refractivity contribution is 6.06. The Morgan fingerprint density at radius 3 is 2.40 bits per heavy atom. The van der Waals surface area contributed by atoms with Crippen molar-refractivity contribution in [1.82, 2.24) is 9.88 Å². The van der Waals surface area contributed by atoms with Crippen molar-refractivity contribution >= 4 is 17.7 Å². The Hall–Kier alpha value is -3.94. The smallest absolute Gasteiger partial charge is 0.354 e. The summed E-state index contributed by atoms with van der Waals surface area (Å²) in [5.41, 5.74) is 3.84. The highest BCUT2D eigenvalue weighted by Crippen LogP contribution is 2.59. The van der Waals surface area contributed by atoms with E-state index in [2.05, 4.69) is 18.8 Å². The van der Waals surface area contributed by atoms with Gasteiger partial charge in [-0.2, -0.15) is 0 Å². The van der Waals surface area contributed by atoms with Gasteiger partial charge in [-0.1, -0.05) is 12.5 Å². The molecule has 0 radical (unpaired) electrons. The second kappa shape index (κ2) is 9.82. The SMILES string of the molecule is CCN1C(=O)C2=C(CC1(C)C)OC1=C(C(=O)CC3(CCC3)C1)[C@@H]2c1c(OC)ccc(-c2ccc(C)c(C(=O)O)n2)c1C. The van der Waals surface area contributed by atoms with Crippen LogP contribution in [0.15, 0.2) is 46.9 Å². The van der Waals surface area contributed by atoms with Crippen LogP contribution in [0.3, 0.4) is 0 Å². The fourth-order valence-corrected chi connectivity index (χ4v) is 7.60. The van der Waals surface area contributed by atoms with Crippen molar-refractivity contribution in [1.29, 1.82) is 0 Å². The van der Waals surface area contributed by atoms with Crippen LogP contribution in [0.4, 0.5) is 0 Å². The van der Waals surface area contributed by atoms with Gasteiger partial charge in [-0.05, 0) is 82.2 Å². The van der Waals surface area contributed by atoms with E-state index >= 15 is 0 Å². The van der Waals surface area contributed by atoms with Crippen LogP contribution in [0.25, 0.3) is 11.3 Å². The summed E-state index contributed by atoms with van der Waals surface area (Å²) >= 11 is 0. The van der Waals surface area contributed by atoms with Gasteiger partial charge in [0.1, 0.15) is 17.3 Å². The number of allylic oxidation sites excluding steroid dienone is 2. The number of benzene rings is 1. The summed E-state index contributed by atoms with van der Waals surface area (Å²) in [6.07, 6.45) is 4.81. The minimum atomic E-state index is -1.09. The lowest BCUT2D eigenvalue weighted by atomic mass is 9.58. The highest BCUT2D eigenvalue weighted by atomic mass is 16.5. The molecule has 1 atom stereocenters. The third kappa shape index (κ3) is 4.17. The van der Waals surface area contributed by atoms with Crippen LogP contribution in [0, 0.1) is 19.3 Å². The molecule has 220 valence electrons. The van der Waals surface area contributed by atoms with Crippen LogP contribution in [-0.2, 0) is 14.3 Å². The molecule has 1 saturated carbocycles. The molecule has 2 aromatic rings. The number of amides is 1. The van der Waals surface area contributed by atoms with Crippen molar-refractivity contribution in [3.05, 3.63) is 69.3 Å². The Bertz CT molecular complexity index is 1610. The molecule has 3 heterocycles. The van der Waals surface area contributed by atoms with Crippen molar-refractivity contribution < 1.29 is 29.0 Å². The fourth-order valence-electron chi connectivity index (χ4n) is 7.60. The predicted molar refractivity (Wildman–Crippen MR) is 157 cm³/mol. The zero-order valence-electron chi connectivity index (χ0n) is 25.2. The number of ketones is 1. The summed E-state index contributed by atoms with van der Waals surface area (Å²) in [6.45, 7) is 10.2. The molecular weight excluding hydrogens is 532 g/mol. The molecule has 4 aliphatic rings. The Labute approximate surface area is 246 Å². The first-order valence-electron chi connectivity index (χ1n) is 14.8. The normalized spacial score (nSPS) is 22.4. The quantitative estimate of drug-likeness (QED) is 0.452. The van der Waals surface area contributed by atoms with Gasteiger partial charge in [0, 0.05) is 48.0 Å². The number of methoxy groups -OCH3 is 1. The first kappa shape index (κ1) is 28.2. The molecule has 0 saturated heterocycles. The van der Waals surface area contributed by atoms with Crippen molar-refractivity contribution in [3.63, 3.8) is 0 Å². The Kier molecular flexibility index (Phi) is 6.59. The second-order valence-corrected chi connectivity index (χ2v) is 12.9. The number of aryl methyl sites for hydroxylation is 1. The van der Waals surface area contributed by atoms with Gasteiger partial charge in [0.25, 0.3) is 5.91 Å². The zero-order chi connectivity index (χ0) is 30.1. The van der Waals surface area contributed by atoms with E-state index in [-0.39, 0.29) is 22.8 Å². The van der Waals surface area contributed by atoms with Crippen LogP contribution in [0.2, 0.25) is 0 Å². The number of nitrogens with zero attached hydrogens (tertiary/aromatic N) is 2. The lowest BCUT2D eigenvalue weighted by molar-refractivity contribution is -0.135. The summed E-state index contributed by atoms with van der Waals surface area (Å²) in [6, 6.07) is 7.24. The number of hydrogen-bond acceptors (Lipinski definition) is 6. The first-order chi connectivity index (χ1) is 19.9. The average Bonchev–Trinajstić information content (AvgIpc) is 2.90. The maximum absolute atomic E-state index is 14.3. The summed E-state index contributed by atoms with van der Waals surface area (Å²) in [7, 11) is 1.59. The number of aromatic nitrogens is 1. The summed E-state index contributed by atoms with van der Waals surface area (Å²) < 4.78 is 12.5. The van der Waals surface area contributed by atoms with Gasteiger partial charge >= 0.3 is 5.97 Å². The van der Waals surface area contributed by atoms with E-state index in [0.29, 0.717) is 65.5 Å². The lowest BCUT2D eigenvalue weighted by Gasteiger charge is -2.50. The van der Waals surface area contributed by atoms with Gasteiger partial charge in [0.2, 0.25) is 0 Å². The molecule has 0 bridgehead atoms. The van der Waals surface area contributed by atoms with Crippen molar-refractivity contribution in [2.24, 2.45) is 5.41 Å². The average molecular weight is 571 g/mol. The molecule has 1 fully saturated rings. The van der Waals surface area contributed by atoms with E-state index in [9.17, 15) is 19.5 Å². The van der Waals surface area contributed by atoms with E-state index < -0.39 is 17.4 Å². The van der Waals surface area contributed by atoms with Gasteiger partial charge in [0.05, 0.1) is 24.3 Å². The standard InChI is InChI=1S/C34H38N2O6/c1-7-36-31(38)28-24(16-33(36,4)5)42-25-17-34(13-8-14-34)15-22(37)27(25)29(28)26-19(3)20(10-12-23(26)41-6)21-11-9-18(2)30(35-21)32(39)40/h9-12,29H,7-8,13-17H2,1-6H3,(H,39,40)/t29-/m0/s1. The molecule has 2 aliphatic heterocycles. The van der Waals surface area contributed by atoms with Gasteiger partial charge in [-0.3, -0.25) is 9.59 Å². The molecule has 8 heteroatoms. The van der Waals surface area contributed by atoms with Gasteiger partial charge in [-0.25, -0.2) is 9.78 Å². The molecule has 42 heavy (non-hydrogen) atoms. The maximum Gasteiger partial charge on any atom is 0.354 e. The van der Waals surface area contributed by atoms with Gasteiger partial charge < -0.3 is 19.5 Å². The summed E-state index contributed by atoms with van der Waals surface area (Å²) in [5.74, 6) is 0.0259. The van der Waals surface area contributed by atoms with Gasteiger partial charge in [-0.15, -0.1) is 0 Å². The Morgan fingerprint density at radius 2 is 1.79 bits per heavy atom. The number of aromatic carboxylic acids is 1. The number of Topliss-reactive ketones (excluding diaryl/α,β-unsaturated/α-hetero) is 1. The Balaban J connectivity index is 1.61. The molecule has 0 unspecified atom stereocenters. The van der Waals surface area contributed by atoms with E-state index in [1.165, 1.54) is 0 Å². The topological polar surface area (TPSA) is 106 Å². The molecule has 1 aromatic heterocycles. The van der Waals surface area contributed by atoms with Crippen LogP contribution < -0.4 is 4.74 Å². The Morgan fingerprint density at radius 1 is 1.07 bits per heavy atom. The third-order valence-electron chi connectivity index (χ3n) is 9.88. The monoisotopic (exact) mass is 570 g/mol. The summed E-state index contributed by atoms with van der Waals surface area (Å²) in [4.78, 5) is 46.7. The maximum atomic E-state index is 14.3. The molecule has 1 spiro atoms. The third-order valence-corrected chi connectivity index (χ3v) is 9.88. The molecule has 8 nitrogen and oxygen atoms in total. The molecule has 6 rings (SSSR count). The minimum absolute atomic E-state index is 0.0122. The van der Waals surface area contributed by atoms with Crippen LogP contribution in [0.1, 0.15) is 92.4 Å². The zero-order valence-corrected chi connectivity index (χ0v) is 25.2. The van der Waals surface area contributed by atoms with Crippen LogP contribution >= 0.6 is 0 Å². The second-order valence-electron chi connectivity index (χ2n) is 12.9. The number of rotatable bonds is 5. The van der Waals surface area contributed by atoms with E-state index in [1.54, 1.807) is 26.2 Å². The molecular formula is C34H38N2O6. The number of carbonyl (C=O) groups is 3. The molecule has 1 aromatic carbocycles. The van der Waals surface area contributed by atoms with Crippen molar-refractivity contribution in [3.8, 4) is 17.0 Å². The molecule has 1 amide bonds. The first-order valence-corrected chi connectivity index (χ1v) is 14.8. The van der Waals surface area contributed by atoms with Gasteiger partial charge in [0.15, 0.2) is 11.5 Å². The van der Waals surface area contributed by atoms with E-state index in [1.807, 2.05) is 30.9 Å². The van der Waals surface area contributed by atoms with Crippen molar-refractivity contribution in [2.75, 3.05) is 13.7 Å². The largest absolute Gasteiger partial charge is 0.496 e. The number of carbonyl (C=O) groups excluding carboxylic acids is 2. The number of hydrogen-bond donors (Lipinski definition) is 1. The minimum Gasteiger partial charge on any atom is -0.496 e. The highest BCUT2D eigenvalue weighted by Gasteiger charge is 2.53.